The van der Waals surface area contributed by atoms with Gasteiger partial charge in [-0.3, -0.25) is 0 Å². The van der Waals surface area contributed by atoms with E-state index in [-0.39, 0.29) is 5.82 Å². The van der Waals surface area contributed by atoms with Crippen LogP contribution in [0.3, 0.4) is 0 Å². The third-order valence-corrected chi connectivity index (χ3v) is 3.24. The van der Waals surface area contributed by atoms with E-state index in [1.807, 2.05) is 37.3 Å². The molecule has 4 heteroatoms. The predicted molar refractivity (Wildman–Crippen MR) is 78.1 cm³/mol. The van der Waals surface area contributed by atoms with Gasteiger partial charge in [0, 0.05) is 5.56 Å². The third kappa shape index (κ3) is 1.95. The highest BCUT2D eigenvalue weighted by molar-refractivity contribution is 5.77. The average Bonchev–Trinajstić information content (AvgIpc) is 2.75. The number of aryl methyl sites for hydroxylation is 1. The van der Waals surface area contributed by atoms with Crippen molar-refractivity contribution in [2.24, 2.45) is 0 Å². The fourth-order valence-corrected chi connectivity index (χ4v) is 2.31. The molecule has 3 aromatic rings. The van der Waals surface area contributed by atoms with Crippen molar-refractivity contribution in [2.45, 2.75) is 6.92 Å². The molecule has 0 amide bonds. The Labute approximate surface area is 116 Å². The molecule has 3 nitrogen and oxygen atoms in total. The maximum Gasteiger partial charge on any atom is 0.148 e. The third-order valence-electron chi connectivity index (χ3n) is 3.24. The fraction of sp³-hybridized carbons (Fsp3) is 0.0625. The van der Waals surface area contributed by atoms with Crippen LogP contribution in [-0.2, 0) is 0 Å². The monoisotopic (exact) mass is 267 g/mol. The van der Waals surface area contributed by atoms with Crippen LogP contribution in [0.15, 0.2) is 54.6 Å². The van der Waals surface area contributed by atoms with Gasteiger partial charge in [0.2, 0.25) is 0 Å². The molecule has 0 saturated heterocycles. The highest BCUT2D eigenvalue weighted by Gasteiger charge is 2.16. The lowest BCUT2D eigenvalue weighted by Gasteiger charge is -2.06. The Hall–Kier alpha value is -2.62. The standard InChI is InChI=1S/C16H14FN3/c1-11-15(12-7-3-2-4-8-12)16(18)20(19-11)14-10-6-5-9-13(14)17/h2-10H,18H2,1H3. The maximum absolute atomic E-state index is 13.9. The first-order valence-electron chi connectivity index (χ1n) is 6.34. The van der Waals surface area contributed by atoms with Crippen LogP contribution in [0.2, 0.25) is 0 Å². The molecule has 3 rings (SSSR count). The summed E-state index contributed by atoms with van der Waals surface area (Å²) in [5.41, 5.74) is 9.12. The lowest BCUT2D eigenvalue weighted by molar-refractivity contribution is 0.611. The van der Waals surface area contributed by atoms with Gasteiger partial charge in [0.25, 0.3) is 0 Å². The lowest BCUT2D eigenvalue weighted by atomic mass is 10.1. The SMILES string of the molecule is Cc1nn(-c2ccccc2F)c(N)c1-c1ccccc1. The van der Waals surface area contributed by atoms with E-state index in [1.54, 1.807) is 18.2 Å². The van der Waals surface area contributed by atoms with Crippen LogP contribution < -0.4 is 5.73 Å². The van der Waals surface area contributed by atoms with Gasteiger partial charge in [-0.2, -0.15) is 5.10 Å². The molecule has 0 unspecified atom stereocenters. The highest BCUT2D eigenvalue weighted by atomic mass is 19.1. The quantitative estimate of drug-likeness (QED) is 0.771. The summed E-state index contributed by atoms with van der Waals surface area (Å²) in [5, 5.41) is 4.37. The van der Waals surface area contributed by atoms with Crippen molar-refractivity contribution in [3.8, 4) is 16.8 Å². The molecule has 1 aromatic heterocycles. The molecule has 0 saturated carbocycles. The Morgan fingerprint density at radius 1 is 1.00 bits per heavy atom. The largest absolute Gasteiger partial charge is 0.383 e. The van der Waals surface area contributed by atoms with Gasteiger partial charge < -0.3 is 5.73 Å². The number of nitrogens with zero attached hydrogens (tertiary/aromatic N) is 2. The van der Waals surface area contributed by atoms with E-state index in [1.165, 1.54) is 10.7 Å². The van der Waals surface area contributed by atoms with Crippen LogP contribution in [0.4, 0.5) is 10.2 Å². The first-order valence-corrected chi connectivity index (χ1v) is 6.34. The second-order valence-electron chi connectivity index (χ2n) is 4.57. The van der Waals surface area contributed by atoms with Gasteiger partial charge >= 0.3 is 0 Å². The second kappa shape index (κ2) is 4.81. The summed E-state index contributed by atoms with van der Waals surface area (Å²) in [4.78, 5) is 0. The number of hydrogen-bond acceptors (Lipinski definition) is 2. The zero-order valence-electron chi connectivity index (χ0n) is 11.0. The number of benzene rings is 2. The van der Waals surface area contributed by atoms with Crippen LogP contribution in [0, 0.1) is 12.7 Å². The second-order valence-corrected chi connectivity index (χ2v) is 4.57. The van der Waals surface area contributed by atoms with Crippen LogP contribution >= 0.6 is 0 Å². The van der Waals surface area contributed by atoms with Gasteiger partial charge in [0.1, 0.15) is 17.3 Å². The number of aromatic nitrogens is 2. The molecule has 2 N–H and O–H groups in total. The van der Waals surface area contributed by atoms with E-state index in [9.17, 15) is 4.39 Å². The number of halogens is 1. The molecule has 0 radical (unpaired) electrons. The van der Waals surface area contributed by atoms with Crippen molar-refractivity contribution in [2.75, 3.05) is 5.73 Å². The van der Waals surface area contributed by atoms with Crippen LogP contribution in [-0.4, -0.2) is 9.78 Å². The predicted octanol–water partition coefficient (Wildman–Crippen LogP) is 3.57. The summed E-state index contributed by atoms with van der Waals surface area (Å²) in [6.45, 7) is 1.87. The molecule has 0 aliphatic carbocycles. The van der Waals surface area contributed by atoms with Gasteiger partial charge in [-0.25, -0.2) is 9.07 Å². The van der Waals surface area contributed by atoms with Crippen molar-refractivity contribution in [3.05, 3.63) is 66.1 Å². The molecule has 0 fully saturated rings. The van der Waals surface area contributed by atoms with Crippen molar-refractivity contribution in [3.63, 3.8) is 0 Å². The molecule has 20 heavy (non-hydrogen) atoms. The van der Waals surface area contributed by atoms with Crippen molar-refractivity contribution >= 4 is 5.82 Å². The number of rotatable bonds is 2. The first kappa shape index (κ1) is 12.4. The number of nitrogens with two attached hydrogens (primary N) is 1. The summed E-state index contributed by atoms with van der Waals surface area (Å²) >= 11 is 0. The van der Waals surface area contributed by atoms with Crippen LogP contribution in [0.1, 0.15) is 5.69 Å². The molecule has 100 valence electrons. The first-order chi connectivity index (χ1) is 9.68. The average molecular weight is 267 g/mol. The van der Waals surface area contributed by atoms with E-state index in [4.69, 9.17) is 5.73 Å². The fourth-order valence-electron chi connectivity index (χ4n) is 2.31. The molecule has 0 aliphatic heterocycles. The molecule has 0 aliphatic rings. The van der Waals surface area contributed by atoms with E-state index >= 15 is 0 Å². The van der Waals surface area contributed by atoms with E-state index < -0.39 is 0 Å². The van der Waals surface area contributed by atoms with Gasteiger partial charge in [-0.1, -0.05) is 42.5 Å². The Morgan fingerprint density at radius 2 is 1.65 bits per heavy atom. The zero-order valence-corrected chi connectivity index (χ0v) is 11.0. The molecule has 0 spiro atoms. The smallest absolute Gasteiger partial charge is 0.148 e. The summed E-state index contributed by atoms with van der Waals surface area (Å²) in [7, 11) is 0. The van der Waals surface area contributed by atoms with E-state index in [0.29, 0.717) is 11.5 Å². The van der Waals surface area contributed by atoms with Crippen molar-refractivity contribution in [1.82, 2.24) is 9.78 Å². The zero-order chi connectivity index (χ0) is 14.1. The molecular formula is C16H14FN3. The molecule has 0 atom stereocenters. The summed E-state index contributed by atoms with van der Waals surface area (Å²) in [6.07, 6.45) is 0. The Balaban J connectivity index is 2.20. The lowest BCUT2D eigenvalue weighted by Crippen LogP contribution is -2.04. The Morgan fingerprint density at radius 3 is 2.35 bits per heavy atom. The summed E-state index contributed by atoms with van der Waals surface area (Å²) in [5.74, 6) is 0.0973. The summed E-state index contributed by atoms with van der Waals surface area (Å²) < 4.78 is 15.3. The minimum atomic E-state index is -0.346. The number of nitrogen functional groups attached to an aromatic ring is 1. The topological polar surface area (TPSA) is 43.8 Å². The van der Waals surface area contributed by atoms with Gasteiger partial charge in [-0.15, -0.1) is 0 Å². The number of anilines is 1. The number of para-hydroxylation sites is 1. The molecule has 2 aromatic carbocycles. The van der Waals surface area contributed by atoms with Crippen molar-refractivity contribution < 1.29 is 4.39 Å². The minimum absolute atomic E-state index is 0.346. The molecular weight excluding hydrogens is 253 g/mol. The van der Waals surface area contributed by atoms with Gasteiger partial charge in [-0.05, 0) is 24.6 Å². The maximum atomic E-state index is 13.9. The molecule has 1 heterocycles. The van der Waals surface area contributed by atoms with Gasteiger partial charge in [0.05, 0.1) is 5.69 Å². The van der Waals surface area contributed by atoms with E-state index in [2.05, 4.69) is 5.10 Å². The van der Waals surface area contributed by atoms with Crippen molar-refractivity contribution in [1.29, 1.82) is 0 Å². The summed E-state index contributed by atoms with van der Waals surface area (Å²) in [6, 6.07) is 16.2. The van der Waals surface area contributed by atoms with Crippen LogP contribution in [0.25, 0.3) is 16.8 Å². The van der Waals surface area contributed by atoms with Crippen LogP contribution in [0.5, 0.6) is 0 Å². The Kier molecular flexibility index (Phi) is 2.99. The molecule has 0 bridgehead atoms. The number of hydrogen-bond donors (Lipinski definition) is 1. The normalized spacial score (nSPS) is 10.7. The highest BCUT2D eigenvalue weighted by Crippen LogP contribution is 2.31. The Bertz CT molecular complexity index is 748. The van der Waals surface area contributed by atoms with E-state index in [0.717, 1.165) is 16.8 Å². The minimum Gasteiger partial charge on any atom is -0.383 e. The van der Waals surface area contributed by atoms with Gasteiger partial charge in [0.15, 0.2) is 0 Å².